The molecule has 1 aromatic heterocycles. The highest BCUT2D eigenvalue weighted by molar-refractivity contribution is 7.12. The van der Waals surface area contributed by atoms with Crippen molar-refractivity contribution in [2.75, 3.05) is 21.3 Å². The van der Waals surface area contributed by atoms with Crippen LogP contribution in [0.25, 0.3) is 6.08 Å². The normalized spacial score (nSPS) is 15.1. The van der Waals surface area contributed by atoms with Gasteiger partial charge in [0.25, 0.3) is 0 Å². The molecule has 0 atom stereocenters. The van der Waals surface area contributed by atoms with Crippen LogP contribution >= 0.6 is 11.3 Å². The average molecular weight is 359 g/mol. The molecule has 1 aromatic carbocycles. The Labute approximate surface area is 149 Å². The molecule has 2 aromatic rings. The molecule has 1 aliphatic heterocycles. The Hall–Kier alpha value is -2.80. The molecule has 25 heavy (non-hydrogen) atoms. The molecule has 0 bridgehead atoms. The van der Waals surface area contributed by atoms with Crippen LogP contribution in [0.3, 0.4) is 0 Å². The van der Waals surface area contributed by atoms with Gasteiger partial charge in [-0.25, -0.2) is 9.79 Å². The highest BCUT2D eigenvalue weighted by Crippen LogP contribution is 2.39. The van der Waals surface area contributed by atoms with Crippen molar-refractivity contribution >= 4 is 29.3 Å². The second-order valence-corrected chi connectivity index (χ2v) is 6.52. The number of esters is 1. The molecular formula is C18H17NO5S. The van der Waals surface area contributed by atoms with Gasteiger partial charge in [-0.3, -0.25) is 0 Å². The fourth-order valence-electron chi connectivity index (χ4n) is 2.40. The lowest BCUT2D eigenvalue weighted by Gasteiger charge is -2.13. The molecule has 0 amide bonds. The number of cyclic esters (lactones) is 1. The monoisotopic (exact) mass is 359 g/mol. The van der Waals surface area contributed by atoms with Gasteiger partial charge in [0.2, 0.25) is 11.6 Å². The first-order valence-electron chi connectivity index (χ1n) is 7.45. The van der Waals surface area contributed by atoms with E-state index in [1.807, 2.05) is 19.1 Å². The number of carbonyl (C=O) groups excluding carboxylic acids is 1. The predicted molar refractivity (Wildman–Crippen MR) is 95.8 cm³/mol. The topological polar surface area (TPSA) is 66.4 Å². The van der Waals surface area contributed by atoms with Gasteiger partial charge < -0.3 is 18.9 Å². The lowest BCUT2D eigenvalue weighted by molar-refractivity contribution is -0.129. The van der Waals surface area contributed by atoms with E-state index < -0.39 is 5.97 Å². The van der Waals surface area contributed by atoms with E-state index in [1.165, 1.54) is 21.3 Å². The summed E-state index contributed by atoms with van der Waals surface area (Å²) in [5, 5.41) is 0. The summed E-state index contributed by atoms with van der Waals surface area (Å²) >= 11 is 1.58. The number of hydrogen-bond donors (Lipinski definition) is 0. The average Bonchev–Trinajstić information content (AvgIpc) is 3.19. The third-order valence-corrected chi connectivity index (χ3v) is 4.52. The molecule has 1 aliphatic rings. The van der Waals surface area contributed by atoms with Crippen molar-refractivity contribution in [1.82, 2.24) is 0 Å². The fourth-order valence-corrected chi connectivity index (χ4v) is 3.22. The number of ether oxygens (including phenoxy) is 4. The maximum absolute atomic E-state index is 12.1. The summed E-state index contributed by atoms with van der Waals surface area (Å²) < 4.78 is 21.2. The minimum absolute atomic E-state index is 0.198. The van der Waals surface area contributed by atoms with Gasteiger partial charge in [-0.2, -0.15) is 0 Å². The highest BCUT2D eigenvalue weighted by Gasteiger charge is 2.26. The second-order valence-electron chi connectivity index (χ2n) is 5.20. The van der Waals surface area contributed by atoms with E-state index in [4.69, 9.17) is 18.9 Å². The van der Waals surface area contributed by atoms with E-state index in [-0.39, 0.29) is 11.6 Å². The number of thiophene rings is 1. The predicted octanol–water partition coefficient (Wildman–Crippen LogP) is 3.43. The lowest BCUT2D eigenvalue weighted by Crippen LogP contribution is -2.06. The SMILES string of the molecule is COc1cc(C2=N/C(=C/c3ccc(C)s3)C(=O)O2)cc(OC)c1OC. The number of hydrogen-bond acceptors (Lipinski definition) is 7. The van der Waals surface area contributed by atoms with Crippen molar-refractivity contribution in [3.63, 3.8) is 0 Å². The summed E-state index contributed by atoms with van der Waals surface area (Å²) in [6.45, 7) is 2.00. The van der Waals surface area contributed by atoms with Crippen molar-refractivity contribution in [3.05, 3.63) is 45.3 Å². The molecular weight excluding hydrogens is 342 g/mol. The molecule has 0 saturated carbocycles. The van der Waals surface area contributed by atoms with Gasteiger partial charge >= 0.3 is 5.97 Å². The van der Waals surface area contributed by atoms with E-state index in [2.05, 4.69) is 4.99 Å². The summed E-state index contributed by atoms with van der Waals surface area (Å²) in [7, 11) is 4.57. The fraction of sp³-hybridized carbons (Fsp3) is 0.222. The first-order valence-corrected chi connectivity index (χ1v) is 8.26. The molecule has 6 nitrogen and oxygen atoms in total. The molecule has 130 valence electrons. The van der Waals surface area contributed by atoms with Gasteiger partial charge in [-0.05, 0) is 37.3 Å². The smallest absolute Gasteiger partial charge is 0.363 e. The van der Waals surface area contributed by atoms with Crippen LogP contribution in [-0.2, 0) is 9.53 Å². The molecule has 0 radical (unpaired) electrons. The molecule has 0 aliphatic carbocycles. The Kier molecular flexibility index (Phi) is 4.76. The van der Waals surface area contributed by atoms with Gasteiger partial charge in [0.15, 0.2) is 17.2 Å². The van der Waals surface area contributed by atoms with Crippen molar-refractivity contribution in [2.45, 2.75) is 6.92 Å². The van der Waals surface area contributed by atoms with Crippen LogP contribution in [0.15, 0.2) is 35.0 Å². The van der Waals surface area contributed by atoms with Gasteiger partial charge in [-0.1, -0.05) is 0 Å². The zero-order chi connectivity index (χ0) is 18.0. The molecule has 3 rings (SSSR count). The Morgan fingerprint density at radius 1 is 1.08 bits per heavy atom. The third kappa shape index (κ3) is 3.36. The minimum Gasteiger partial charge on any atom is -0.493 e. The molecule has 0 saturated heterocycles. The van der Waals surface area contributed by atoms with Crippen LogP contribution in [-0.4, -0.2) is 33.2 Å². The number of carbonyl (C=O) groups is 1. The molecule has 7 heteroatoms. The van der Waals surface area contributed by atoms with Gasteiger partial charge in [0.1, 0.15) is 0 Å². The minimum atomic E-state index is -0.491. The summed E-state index contributed by atoms with van der Waals surface area (Å²) in [5.41, 5.74) is 0.819. The summed E-state index contributed by atoms with van der Waals surface area (Å²) in [6.07, 6.45) is 1.71. The molecule has 0 N–H and O–H groups in total. The zero-order valence-electron chi connectivity index (χ0n) is 14.3. The standard InChI is InChI=1S/C18H17NO5S/c1-10-5-6-12(25-10)9-13-18(20)24-17(19-13)11-7-14(21-2)16(23-4)15(8-11)22-3/h5-9H,1-4H3/b13-9+. The van der Waals surface area contributed by atoms with E-state index in [0.29, 0.717) is 22.8 Å². The van der Waals surface area contributed by atoms with Crippen LogP contribution in [0, 0.1) is 6.92 Å². The van der Waals surface area contributed by atoms with Gasteiger partial charge in [0.05, 0.1) is 21.3 Å². The maximum atomic E-state index is 12.1. The summed E-state index contributed by atoms with van der Waals surface area (Å²) in [4.78, 5) is 18.5. The quantitative estimate of drug-likeness (QED) is 0.604. The number of rotatable bonds is 5. The number of benzene rings is 1. The number of nitrogens with zero attached hydrogens (tertiary/aromatic N) is 1. The first kappa shape index (κ1) is 17.0. The third-order valence-electron chi connectivity index (χ3n) is 3.57. The number of aryl methyl sites for hydroxylation is 1. The molecule has 0 spiro atoms. The van der Waals surface area contributed by atoms with E-state index in [0.717, 1.165) is 9.75 Å². The summed E-state index contributed by atoms with van der Waals surface area (Å²) in [5.74, 6) is 1.09. The molecule has 0 fully saturated rings. The Morgan fingerprint density at radius 3 is 2.28 bits per heavy atom. The first-order chi connectivity index (χ1) is 12.0. The largest absolute Gasteiger partial charge is 0.493 e. The van der Waals surface area contributed by atoms with E-state index >= 15 is 0 Å². The van der Waals surface area contributed by atoms with Crippen molar-refractivity contribution in [3.8, 4) is 17.2 Å². The van der Waals surface area contributed by atoms with Crippen molar-refractivity contribution < 1.29 is 23.7 Å². The van der Waals surface area contributed by atoms with Gasteiger partial charge in [-0.15, -0.1) is 11.3 Å². The van der Waals surface area contributed by atoms with Gasteiger partial charge in [0, 0.05) is 15.3 Å². The van der Waals surface area contributed by atoms with E-state index in [9.17, 15) is 4.79 Å². The second kappa shape index (κ2) is 6.98. The molecule has 2 heterocycles. The summed E-state index contributed by atoms with van der Waals surface area (Å²) in [6, 6.07) is 7.30. The van der Waals surface area contributed by atoms with Crippen LogP contribution in [0.2, 0.25) is 0 Å². The Balaban J connectivity index is 2.00. The number of methoxy groups -OCH3 is 3. The Bertz CT molecular complexity index is 856. The Morgan fingerprint density at radius 2 is 1.76 bits per heavy atom. The highest BCUT2D eigenvalue weighted by atomic mass is 32.1. The van der Waals surface area contributed by atoms with Crippen molar-refractivity contribution in [2.24, 2.45) is 4.99 Å². The zero-order valence-corrected chi connectivity index (χ0v) is 15.1. The van der Waals surface area contributed by atoms with Crippen LogP contribution < -0.4 is 14.2 Å². The van der Waals surface area contributed by atoms with Crippen LogP contribution in [0.5, 0.6) is 17.2 Å². The number of aliphatic imine (C=N–C) groups is 1. The van der Waals surface area contributed by atoms with Crippen LogP contribution in [0.4, 0.5) is 0 Å². The molecule has 0 unspecified atom stereocenters. The van der Waals surface area contributed by atoms with Crippen LogP contribution in [0.1, 0.15) is 15.3 Å². The van der Waals surface area contributed by atoms with E-state index in [1.54, 1.807) is 29.5 Å². The van der Waals surface area contributed by atoms with Crippen molar-refractivity contribution in [1.29, 1.82) is 0 Å². The lowest BCUT2D eigenvalue weighted by atomic mass is 10.2. The maximum Gasteiger partial charge on any atom is 0.363 e.